The Morgan fingerprint density at radius 2 is 1.67 bits per heavy atom. The van der Waals surface area contributed by atoms with E-state index in [0.29, 0.717) is 0 Å². The molecule has 0 bridgehead atoms. The molecule has 0 aliphatic heterocycles. The second-order valence-electron chi connectivity index (χ2n) is 2.71. The zero-order valence-electron chi connectivity index (χ0n) is 7.38. The first-order valence-corrected chi connectivity index (χ1v) is 4.21. The van der Waals surface area contributed by atoms with Crippen LogP contribution in [-0.4, -0.2) is 6.54 Å². The van der Waals surface area contributed by atoms with Crippen molar-refractivity contribution in [2.24, 2.45) is 0 Å². The van der Waals surface area contributed by atoms with Gasteiger partial charge in [0, 0.05) is 11.1 Å². The number of anilines is 1. The standard InChI is InChI=1S/C9H6ClF4N/c1-4(10)3-15-9-7(13)5(11)2-6(12)8(9)14/h2,15H,1,3H2. The molecule has 1 aromatic rings. The van der Waals surface area contributed by atoms with E-state index in [1.165, 1.54) is 0 Å². The Kier molecular flexibility index (Phi) is 3.57. The van der Waals surface area contributed by atoms with Gasteiger partial charge in [-0.2, -0.15) is 0 Å². The van der Waals surface area contributed by atoms with Crippen molar-refractivity contribution in [2.75, 3.05) is 11.9 Å². The van der Waals surface area contributed by atoms with Crippen LogP contribution in [0.5, 0.6) is 0 Å². The molecule has 1 nitrogen and oxygen atoms in total. The van der Waals surface area contributed by atoms with Crippen molar-refractivity contribution in [3.63, 3.8) is 0 Å². The number of hydrogen-bond acceptors (Lipinski definition) is 1. The van der Waals surface area contributed by atoms with Crippen LogP contribution in [-0.2, 0) is 0 Å². The summed E-state index contributed by atoms with van der Waals surface area (Å²) in [5.41, 5.74) is -0.894. The molecule has 0 saturated carbocycles. The molecule has 15 heavy (non-hydrogen) atoms. The first-order chi connectivity index (χ1) is 6.93. The van der Waals surface area contributed by atoms with Crippen LogP contribution in [0.2, 0.25) is 0 Å². The summed E-state index contributed by atoms with van der Waals surface area (Å²) in [6, 6.07) is 0.130. The molecule has 0 atom stereocenters. The van der Waals surface area contributed by atoms with Gasteiger partial charge in [-0.05, 0) is 0 Å². The lowest BCUT2D eigenvalue weighted by Crippen LogP contribution is -2.08. The number of halogens is 5. The summed E-state index contributed by atoms with van der Waals surface area (Å²) < 4.78 is 51.3. The smallest absolute Gasteiger partial charge is 0.185 e. The van der Waals surface area contributed by atoms with E-state index in [4.69, 9.17) is 11.6 Å². The van der Waals surface area contributed by atoms with Gasteiger partial charge in [0.2, 0.25) is 0 Å². The Balaban J connectivity index is 3.09. The molecule has 82 valence electrons. The lowest BCUT2D eigenvalue weighted by molar-refractivity contribution is 0.458. The second kappa shape index (κ2) is 4.53. The summed E-state index contributed by atoms with van der Waals surface area (Å²) in [5, 5.41) is 2.15. The summed E-state index contributed by atoms with van der Waals surface area (Å²) in [6.07, 6.45) is 0. The molecule has 6 heteroatoms. The summed E-state index contributed by atoms with van der Waals surface area (Å²) in [7, 11) is 0. The molecule has 0 aromatic heterocycles. The largest absolute Gasteiger partial charge is 0.375 e. The molecule has 0 aliphatic rings. The average molecular weight is 240 g/mol. The molecule has 0 saturated heterocycles. The molecular formula is C9H6ClF4N. The number of nitrogens with one attached hydrogen (secondary N) is 1. The van der Waals surface area contributed by atoms with Gasteiger partial charge >= 0.3 is 0 Å². The maximum Gasteiger partial charge on any atom is 0.185 e. The SMILES string of the molecule is C=C(Cl)CNc1c(F)c(F)cc(F)c1F. The minimum absolute atomic E-state index is 0.0541. The molecule has 0 unspecified atom stereocenters. The summed E-state index contributed by atoms with van der Waals surface area (Å²) in [6.45, 7) is 3.05. The van der Waals surface area contributed by atoms with Crippen molar-refractivity contribution in [2.45, 2.75) is 0 Å². The van der Waals surface area contributed by atoms with Crippen LogP contribution in [0.15, 0.2) is 17.7 Å². The third-order valence-corrected chi connectivity index (χ3v) is 1.70. The van der Waals surface area contributed by atoms with E-state index in [2.05, 4.69) is 11.9 Å². The fraction of sp³-hybridized carbons (Fsp3) is 0.111. The highest BCUT2D eigenvalue weighted by molar-refractivity contribution is 6.29. The van der Waals surface area contributed by atoms with E-state index in [-0.39, 0.29) is 17.6 Å². The van der Waals surface area contributed by atoms with Crippen LogP contribution in [0.1, 0.15) is 0 Å². The Morgan fingerprint density at radius 1 is 1.20 bits per heavy atom. The third kappa shape index (κ3) is 2.62. The minimum atomic E-state index is -1.49. The molecule has 1 aromatic carbocycles. The van der Waals surface area contributed by atoms with Crippen molar-refractivity contribution < 1.29 is 17.6 Å². The third-order valence-electron chi connectivity index (χ3n) is 1.57. The number of rotatable bonds is 3. The first kappa shape index (κ1) is 11.8. The van der Waals surface area contributed by atoms with Gasteiger partial charge in [-0.3, -0.25) is 0 Å². The molecule has 1 rings (SSSR count). The zero-order chi connectivity index (χ0) is 11.6. The molecule has 0 radical (unpaired) electrons. The van der Waals surface area contributed by atoms with Crippen molar-refractivity contribution in [1.29, 1.82) is 0 Å². The quantitative estimate of drug-likeness (QED) is 0.630. The maximum absolute atomic E-state index is 13.0. The van der Waals surface area contributed by atoms with Gasteiger partial charge in [0.25, 0.3) is 0 Å². The summed E-state index contributed by atoms with van der Waals surface area (Å²) in [4.78, 5) is 0. The molecule has 0 amide bonds. The van der Waals surface area contributed by atoms with Crippen LogP contribution in [0, 0.1) is 23.3 Å². The molecular weight excluding hydrogens is 234 g/mol. The Bertz CT molecular complexity index is 379. The van der Waals surface area contributed by atoms with Gasteiger partial charge in [-0.1, -0.05) is 18.2 Å². The fourth-order valence-corrected chi connectivity index (χ4v) is 0.979. The Labute approximate surface area is 88.4 Å². The van der Waals surface area contributed by atoms with Crippen molar-refractivity contribution in [3.8, 4) is 0 Å². The number of benzene rings is 1. The molecule has 0 spiro atoms. The highest BCUT2D eigenvalue weighted by atomic mass is 35.5. The van der Waals surface area contributed by atoms with Crippen LogP contribution in [0.4, 0.5) is 23.2 Å². The molecule has 0 aliphatic carbocycles. The van der Waals surface area contributed by atoms with Gasteiger partial charge in [0.15, 0.2) is 23.3 Å². The lowest BCUT2D eigenvalue weighted by atomic mass is 10.2. The van der Waals surface area contributed by atoms with Gasteiger partial charge in [0.05, 0.1) is 6.54 Å². The number of hydrogen-bond donors (Lipinski definition) is 1. The monoisotopic (exact) mass is 239 g/mol. The maximum atomic E-state index is 13.0. The van der Waals surface area contributed by atoms with E-state index in [0.717, 1.165) is 0 Å². The minimum Gasteiger partial charge on any atom is -0.375 e. The van der Waals surface area contributed by atoms with Crippen LogP contribution >= 0.6 is 11.6 Å². The van der Waals surface area contributed by atoms with Crippen molar-refractivity contribution in [1.82, 2.24) is 0 Å². The van der Waals surface area contributed by atoms with Gasteiger partial charge in [-0.25, -0.2) is 17.6 Å². The van der Waals surface area contributed by atoms with Crippen LogP contribution in [0.3, 0.4) is 0 Å². The van der Waals surface area contributed by atoms with E-state index < -0.39 is 29.0 Å². The van der Waals surface area contributed by atoms with Gasteiger partial charge < -0.3 is 5.32 Å². The molecule has 1 N–H and O–H groups in total. The molecule has 0 fully saturated rings. The van der Waals surface area contributed by atoms with Crippen molar-refractivity contribution in [3.05, 3.63) is 40.9 Å². The Hall–Kier alpha value is -1.23. The van der Waals surface area contributed by atoms with Crippen molar-refractivity contribution >= 4 is 17.3 Å². The topological polar surface area (TPSA) is 12.0 Å². The normalized spacial score (nSPS) is 10.2. The zero-order valence-corrected chi connectivity index (χ0v) is 8.14. The van der Waals surface area contributed by atoms with Crippen LogP contribution in [0.25, 0.3) is 0 Å². The Morgan fingerprint density at radius 3 is 2.07 bits per heavy atom. The predicted molar refractivity (Wildman–Crippen MR) is 49.8 cm³/mol. The van der Waals surface area contributed by atoms with E-state index in [1.807, 2.05) is 0 Å². The summed E-state index contributed by atoms with van der Waals surface area (Å²) in [5.74, 6) is -5.94. The second-order valence-corrected chi connectivity index (χ2v) is 3.25. The van der Waals surface area contributed by atoms with E-state index in [9.17, 15) is 17.6 Å². The predicted octanol–water partition coefficient (Wildman–Crippen LogP) is 3.41. The molecule has 0 heterocycles. The lowest BCUT2D eigenvalue weighted by Gasteiger charge is -2.08. The first-order valence-electron chi connectivity index (χ1n) is 3.83. The van der Waals surface area contributed by atoms with Crippen LogP contribution < -0.4 is 5.32 Å². The summed E-state index contributed by atoms with van der Waals surface area (Å²) >= 11 is 5.32. The van der Waals surface area contributed by atoms with E-state index >= 15 is 0 Å². The fourth-order valence-electron chi connectivity index (χ4n) is 0.913. The highest BCUT2D eigenvalue weighted by Crippen LogP contribution is 2.24. The highest BCUT2D eigenvalue weighted by Gasteiger charge is 2.18. The van der Waals surface area contributed by atoms with Gasteiger partial charge in [0.1, 0.15) is 5.69 Å². The van der Waals surface area contributed by atoms with E-state index in [1.54, 1.807) is 0 Å². The van der Waals surface area contributed by atoms with Gasteiger partial charge in [-0.15, -0.1) is 0 Å². The average Bonchev–Trinajstić information content (AvgIpc) is 2.14.